The molecule has 0 heterocycles. The fraction of sp³-hybridized carbons (Fsp3) is 0.714. The zero-order valence-corrected chi connectivity index (χ0v) is 11.8. The summed E-state index contributed by atoms with van der Waals surface area (Å²) in [6.07, 6.45) is -1.96. The fourth-order valence-electron chi connectivity index (χ4n) is 1.85. The largest absolute Gasteiger partial charge is 0.511 e. The number of ketones is 2. The molecule has 0 saturated carbocycles. The number of halogens is 3. The number of allylic oxidation sites excluding steroid dienone is 2. The van der Waals surface area contributed by atoms with Crippen molar-refractivity contribution in [2.24, 2.45) is 0 Å². The zero-order valence-electron chi connectivity index (χ0n) is 11.8. The molecule has 0 aliphatic rings. The van der Waals surface area contributed by atoms with Crippen LogP contribution in [0.1, 0.15) is 58.8 Å². The van der Waals surface area contributed by atoms with Crippen LogP contribution in [0.15, 0.2) is 11.3 Å². The number of hydrogen-bond donors (Lipinski definition) is 1. The van der Waals surface area contributed by atoms with Gasteiger partial charge in [-0.2, -0.15) is 13.2 Å². The molecule has 0 rings (SSSR count). The molecule has 0 aliphatic heterocycles. The van der Waals surface area contributed by atoms with Gasteiger partial charge in [0.1, 0.15) is 12.2 Å². The number of Topliss-reactive ketones (excluding diaryl/α,β-unsaturated/α-hetero) is 2. The van der Waals surface area contributed by atoms with Crippen molar-refractivity contribution in [3.63, 3.8) is 0 Å². The first-order chi connectivity index (χ1) is 9.19. The lowest BCUT2D eigenvalue weighted by atomic mass is 10.00. The average molecular weight is 294 g/mol. The molecular weight excluding hydrogens is 273 g/mol. The van der Waals surface area contributed by atoms with Crippen LogP contribution in [0.3, 0.4) is 0 Å². The van der Waals surface area contributed by atoms with Crippen LogP contribution < -0.4 is 0 Å². The number of unbranched alkanes of at least 4 members (excludes halogenated alkanes) is 4. The molecule has 0 bridgehead atoms. The highest BCUT2D eigenvalue weighted by atomic mass is 19.4. The van der Waals surface area contributed by atoms with E-state index in [1.54, 1.807) is 0 Å². The second-order valence-corrected chi connectivity index (χ2v) is 4.76. The Morgan fingerprint density at radius 2 is 1.60 bits per heavy atom. The third-order valence-electron chi connectivity index (χ3n) is 2.80. The van der Waals surface area contributed by atoms with Gasteiger partial charge in [0.15, 0.2) is 11.6 Å². The second kappa shape index (κ2) is 8.76. The highest BCUT2D eigenvalue weighted by Gasteiger charge is 2.34. The van der Waals surface area contributed by atoms with E-state index in [2.05, 4.69) is 0 Å². The quantitative estimate of drug-likeness (QED) is 0.227. The molecule has 0 aromatic heterocycles. The molecule has 0 aromatic carbocycles. The molecule has 0 amide bonds. The molecule has 20 heavy (non-hydrogen) atoms. The summed E-state index contributed by atoms with van der Waals surface area (Å²) < 4.78 is 36.4. The normalized spacial score (nSPS) is 13.1. The molecule has 1 N–H and O–H groups in total. The van der Waals surface area contributed by atoms with Crippen molar-refractivity contribution in [1.29, 1.82) is 0 Å². The minimum Gasteiger partial charge on any atom is -0.511 e. The fourth-order valence-corrected chi connectivity index (χ4v) is 1.85. The topological polar surface area (TPSA) is 54.4 Å². The average Bonchev–Trinajstić information content (AvgIpc) is 2.25. The zero-order chi connectivity index (χ0) is 15.8. The summed E-state index contributed by atoms with van der Waals surface area (Å²) in [5.74, 6) is -2.72. The van der Waals surface area contributed by atoms with Crippen molar-refractivity contribution in [2.45, 2.75) is 65.0 Å². The highest BCUT2D eigenvalue weighted by molar-refractivity contribution is 6.19. The van der Waals surface area contributed by atoms with E-state index >= 15 is 0 Å². The van der Waals surface area contributed by atoms with Crippen LogP contribution in [0, 0.1) is 0 Å². The number of carbonyl (C=O) groups excluding carboxylic acids is 2. The summed E-state index contributed by atoms with van der Waals surface area (Å²) >= 11 is 0. The minimum atomic E-state index is -4.68. The van der Waals surface area contributed by atoms with Gasteiger partial charge < -0.3 is 5.11 Å². The van der Waals surface area contributed by atoms with Gasteiger partial charge in [-0.1, -0.05) is 32.6 Å². The number of aliphatic hydroxyl groups is 1. The van der Waals surface area contributed by atoms with Crippen molar-refractivity contribution in [3.8, 4) is 0 Å². The van der Waals surface area contributed by atoms with Gasteiger partial charge in [0, 0.05) is 6.42 Å². The molecule has 0 fully saturated rings. The summed E-state index contributed by atoms with van der Waals surface area (Å²) in [5, 5.41) is 9.67. The number of alkyl halides is 3. The van der Waals surface area contributed by atoms with Gasteiger partial charge in [-0.25, -0.2) is 0 Å². The lowest BCUT2D eigenvalue weighted by Gasteiger charge is -2.09. The maximum Gasteiger partial charge on any atom is 0.396 e. The first kappa shape index (κ1) is 18.7. The molecule has 0 aliphatic carbocycles. The Bertz CT molecular complexity index is 370. The predicted octanol–water partition coefficient (Wildman–Crippen LogP) is 4.27. The van der Waals surface area contributed by atoms with E-state index in [9.17, 15) is 27.9 Å². The number of hydrogen-bond acceptors (Lipinski definition) is 3. The van der Waals surface area contributed by atoms with Crippen LogP contribution in [-0.2, 0) is 9.59 Å². The van der Waals surface area contributed by atoms with Gasteiger partial charge in [-0.15, -0.1) is 0 Å². The molecular formula is C14H21F3O3. The standard InChI is InChI=1S/C14H21F3O3/c1-3-4-5-6-7-8-11(19)13(10(2)18)12(20)9-14(15,16)17/h19H,3-9H2,1-2H3/b13-11+. The number of rotatable bonds is 9. The maximum atomic E-state index is 12.1. The molecule has 0 spiro atoms. The summed E-state index contributed by atoms with van der Waals surface area (Å²) in [6.45, 7) is 3.03. The first-order valence-electron chi connectivity index (χ1n) is 6.72. The highest BCUT2D eigenvalue weighted by Crippen LogP contribution is 2.24. The van der Waals surface area contributed by atoms with Crippen molar-refractivity contribution in [1.82, 2.24) is 0 Å². The van der Waals surface area contributed by atoms with Crippen molar-refractivity contribution >= 4 is 11.6 Å². The molecule has 116 valence electrons. The Morgan fingerprint density at radius 1 is 1.05 bits per heavy atom. The van der Waals surface area contributed by atoms with E-state index in [0.29, 0.717) is 6.42 Å². The number of carbonyl (C=O) groups is 2. The van der Waals surface area contributed by atoms with E-state index in [1.807, 2.05) is 6.92 Å². The van der Waals surface area contributed by atoms with Gasteiger partial charge in [0.2, 0.25) is 0 Å². The van der Waals surface area contributed by atoms with Gasteiger partial charge >= 0.3 is 6.18 Å². The molecule has 0 radical (unpaired) electrons. The monoisotopic (exact) mass is 294 g/mol. The molecule has 0 saturated heterocycles. The summed E-state index contributed by atoms with van der Waals surface area (Å²) in [7, 11) is 0. The van der Waals surface area contributed by atoms with Crippen molar-refractivity contribution in [3.05, 3.63) is 11.3 Å². The smallest absolute Gasteiger partial charge is 0.396 e. The molecule has 3 nitrogen and oxygen atoms in total. The van der Waals surface area contributed by atoms with E-state index in [0.717, 1.165) is 32.6 Å². The lowest BCUT2D eigenvalue weighted by Crippen LogP contribution is -2.21. The number of aliphatic hydroxyl groups excluding tert-OH is 1. The van der Waals surface area contributed by atoms with Crippen molar-refractivity contribution in [2.75, 3.05) is 0 Å². The van der Waals surface area contributed by atoms with E-state index in [-0.39, 0.29) is 6.42 Å². The Hall–Kier alpha value is -1.33. The summed E-state index contributed by atoms with van der Waals surface area (Å²) in [6, 6.07) is 0. The van der Waals surface area contributed by atoms with Crippen LogP contribution in [0.25, 0.3) is 0 Å². The van der Waals surface area contributed by atoms with Crippen LogP contribution in [-0.4, -0.2) is 22.8 Å². The van der Waals surface area contributed by atoms with Crippen LogP contribution in [0.4, 0.5) is 13.2 Å². The van der Waals surface area contributed by atoms with Crippen LogP contribution in [0.5, 0.6) is 0 Å². The van der Waals surface area contributed by atoms with Gasteiger partial charge in [-0.3, -0.25) is 9.59 Å². The van der Waals surface area contributed by atoms with Crippen molar-refractivity contribution < 1.29 is 27.9 Å². The molecule has 6 heteroatoms. The van der Waals surface area contributed by atoms with Crippen LogP contribution in [0.2, 0.25) is 0 Å². The third kappa shape index (κ3) is 7.96. The van der Waals surface area contributed by atoms with E-state index < -0.39 is 35.5 Å². The summed E-state index contributed by atoms with van der Waals surface area (Å²) in [4.78, 5) is 22.7. The lowest BCUT2D eigenvalue weighted by molar-refractivity contribution is -0.150. The van der Waals surface area contributed by atoms with E-state index in [4.69, 9.17) is 0 Å². The van der Waals surface area contributed by atoms with Gasteiger partial charge in [-0.05, 0) is 13.3 Å². The third-order valence-corrected chi connectivity index (χ3v) is 2.80. The minimum absolute atomic E-state index is 0.0578. The molecule has 0 unspecified atom stereocenters. The molecule has 0 aromatic rings. The van der Waals surface area contributed by atoms with E-state index in [1.165, 1.54) is 0 Å². The van der Waals surface area contributed by atoms with Gasteiger partial charge in [0.25, 0.3) is 0 Å². The maximum absolute atomic E-state index is 12.1. The second-order valence-electron chi connectivity index (χ2n) is 4.76. The van der Waals surface area contributed by atoms with Gasteiger partial charge in [0.05, 0.1) is 5.57 Å². The van der Waals surface area contributed by atoms with Crippen LogP contribution >= 0.6 is 0 Å². The summed E-state index contributed by atoms with van der Waals surface area (Å²) in [5.41, 5.74) is -0.710. The Morgan fingerprint density at radius 3 is 2.05 bits per heavy atom. The first-order valence-corrected chi connectivity index (χ1v) is 6.72. The Kier molecular flexibility index (Phi) is 8.18. The SMILES string of the molecule is CCCCCCC/C(O)=C(/C(C)=O)C(=O)CC(F)(F)F. The Labute approximate surface area is 116 Å². The molecule has 0 atom stereocenters. The Balaban J connectivity index is 4.66. The predicted molar refractivity (Wildman–Crippen MR) is 69.4 cm³/mol.